The fraction of sp³-hybridized carbons (Fsp3) is 0.240. The van der Waals surface area contributed by atoms with Gasteiger partial charge in [0.1, 0.15) is 11.5 Å². The smallest absolute Gasteiger partial charge is 0.471 e. The fourth-order valence-electron chi connectivity index (χ4n) is 3.58. The predicted octanol–water partition coefficient (Wildman–Crippen LogP) is 5.19. The predicted molar refractivity (Wildman–Crippen MR) is 132 cm³/mol. The van der Waals surface area contributed by atoms with Gasteiger partial charge >= 0.3 is 22.2 Å². The number of hydrogen-bond donors (Lipinski definition) is 1. The van der Waals surface area contributed by atoms with Gasteiger partial charge in [0.15, 0.2) is 11.5 Å². The Bertz CT molecular complexity index is 1420. The summed E-state index contributed by atoms with van der Waals surface area (Å²) in [7, 11) is -0.166. The molecule has 198 valence electrons. The van der Waals surface area contributed by atoms with Crippen LogP contribution >= 0.6 is 0 Å². The van der Waals surface area contributed by atoms with Crippen LogP contribution in [0.3, 0.4) is 0 Å². The highest BCUT2D eigenvalue weighted by Crippen LogP contribution is 2.51. The first kappa shape index (κ1) is 27.7. The number of carbonyl (C=O) groups excluding carboxylic acids is 1. The Morgan fingerprint density at radius 1 is 0.838 bits per heavy atom. The van der Waals surface area contributed by atoms with Gasteiger partial charge in [-0.2, -0.15) is 21.6 Å². The van der Waals surface area contributed by atoms with Crippen molar-refractivity contribution in [2.75, 3.05) is 32.9 Å². The van der Waals surface area contributed by atoms with Crippen LogP contribution in [0.2, 0.25) is 0 Å². The first-order valence-corrected chi connectivity index (χ1v) is 12.4. The van der Waals surface area contributed by atoms with Crippen LogP contribution < -0.4 is 23.7 Å². The molecule has 0 bridgehead atoms. The minimum absolute atomic E-state index is 0.0819. The van der Waals surface area contributed by atoms with Crippen molar-refractivity contribution in [1.29, 1.82) is 0 Å². The van der Waals surface area contributed by atoms with Crippen LogP contribution in [-0.4, -0.2) is 48.1 Å². The normalized spacial score (nSPS) is 11.6. The second kappa shape index (κ2) is 10.6. The van der Waals surface area contributed by atoms with Gasteiger partial charge in [-0.25, -0.2) is 0 Å². The molecule has 37 heavy (non-hydrogen) atoms. The number of halogens is 3. The van der Waals surface area contributed by atoms with Crippen LogP contribution in [0.25, 0.3) is 22.3 Å². The highest BCUT2D eigenvalue weighted by atomic mass is 32.2. The van der Waals surface area contributed by atoms with Gasteiger partial charge in [-0.1, -0.05) is 35.9 Å². The van der Waals surface area contributed by atoms with E-state index in [0.29, 0.717) is 11.1 Å². The van der Waals surface area contributed by atoms with Gasteiger partial charge in [0, 0.05) is 5.56 Å². The van der Waals surface area contributed by atoms with Crippen molar-refractivity contribution in [2.24, 2.45) is 0 Å². The number of anilines is 1. The van der Waals surface area contributed by atoms with E-state index < -0.39 is 22.2 Å². The van der Waals surface area contributed by atoms with E-state index in [0.717, 1.165) is 11.8 Å². The van der Waals surface area contributed by atoms with Crippen molar-refractivity contribution in [1.82, 2.24) is 0 Å². The topological polar surface area (TPSA) is 100 Å². The van der Waals surface area contributed by atoms with Crippen molar-refractivity contribution in [3.8, 4) is 45.3 Å². The average molecular weight is 540 g/mol. The molecule has 3 aromatic carbocycles. The van der Waals surface area contributed by atoms with Crippen LogP contribution in [0.15, 0.2) is 48.5 Å². The Morgan fingerprint density at radius 2 is 1.43 bits per heavy atom. The minimum atomic E-state index is -5.11. The van der Waals surface area contributed by atoms with Crippen LogP contribution in [0.1, 0.15) is 5.56 Å². The molecule has 0 aliphatic carbocycles. The lowest BCUT2D eigenvalue weighted by Gasteiger charge is -2.21. The zero-order chi connectivity index (χ0) is 27.5. The maximum atomic E-state index is 12.8. The molecule has 1 amide bonds. The Balaban J connectivity index is 2.30. The van der Waals surface area contributed by atoms with Crippen molar-refractivity contribution in [2.45, 2.75) is 13.1 Å². The highest BCUT2D eigenvalue weighted by Gasteiger charge is 2.39. The number of ether oxygens (including phenoxy) is 3. The first-order chi connectivity index (χ1) is 17.3. The van der Waals surface area contributed by atoms with E-state index in [4.69, 9.17) is 18.4 Å². The summed E-state index contributed by atoms with van der Waals surface area (Å²) in [4.78, 5) is 11.4. The molecule has 0 saturated carbocycles. The lowest BCUT2D eigenvalue weighted by Crippen LogP contribution is -2.30. The van der Waals surface area contributed by atoms with Crippen molar-refractivity contribution in [3.63, 3.8) is 0 Å². The van der Waals surface area contributed by atoms with E-state index in [1.54, 1.807) is 11.4 Å². The lowest BCUT2D eigenvalue weighted by molar-refractivity contribution is -0.167. The zero-order valence-corrected chi connectivity index (χ0v) is 21.3. The highest BCUT2D eigenvalue weighted by molar-refractivity contribution is 7.86. The molecule has 0 aromatic heterocycles. The molecule has 0 radical (unpaired) electrons. The van der Waals surface area contributed by atoms with E-state index in [2.05, 4.69) is 0 Å². The van der Waals surface area contributed by atoms with Crippen LogP contribution in [0.5, 0.6) is 23.0 Å². The average Bonchev–Trinajstić information content (AvgIpc) is 2.82. The first-order valence-electron chi connectivity index (χ1n) is 10.6. The van der Waals surface area contributed by atoms with Crippen LogP contribution in [-0.2, 0) is 14.9 Å². The summed E-state index contributed by atoms with van der Waals surface area (Å²) in [5.41, 5.74) is 2.31. The van der Waals surface area contributed by atoms with E-state index in [1.165, 1.54) is 39.5 Å². The summed E-state index contributed by atoms with van der Waals surface area (Å²) in [5.74, 6) is -2.23. The molecule has 0 saturated heterocycles. The largest absolute Gasteiger partial charge is 0.496 e. The third kappa shape index (κ3) is 6.26. The molecule has 3 aromatic rings. The molecule has 0 spiro atoms. The van der Waals surface area contributed by atoms with Gasteiger partial charge in [0.05, 0.1) is 38.8 Å². The van der Waals surface area contributed by atoms with Gasteiger partial charge < -0.3 is 23.7 Å². The van der Waals surface area contributed by atoms with E-state index in [-0.39, 0.29) is 39.8 Å². The minimum Gasteiger partial charge on any atom is -0.496 e. The number of aryl methyl sites for hydroxylation is 1. The Morgan fingerprint density at radius 3 is 1.95 bits per heavy atom. The molecular formula is C25H24F3NO7S. The summed E-state index contributed by atoms with van der Waals surface area (Å²) in [6, 6.07) is 12.8. The molecule has 0 aliphatic rings. The van der Waals surface area contributed by atoms with Crippen molar-refractivity contribution < 1.29 is 44.8 Å². The molecular weight excluding hydrogens is 515 g/mol. The van der Waals surface area contributed by atoms with Gasteiger partial charge in [0.2, 0.25) is 0 Å². The van der Waals surface area contributed by atoms with E-state index in [9.17, 15) is 26.4 Å². The summed E-state index contributed by atoms with van der Waals surface area (Å²) in [6.45, 7) is 1.91. The van der Waals surface area contributed by atoms with Crippen molar-refractivity contribution >= 4 is 21.7 Å². The number of rotatable bonds is 8. The fourth-order valence-corrected chi connectivity index (χ4v) is 4.04. The molecule has 1 N–H and O–H groups in total. The van der Waals surface area contributed by atoms with E-state index >= 15 is 0 Å². The number of hydrogen-bond acceptors (Lipinski definition) is 7. The number of alkyl halides is 3. The van der Waals surface area contributed by atoms with Gasteiger partial charge in [0.25, 0.3) is 0 Å². The van der Waals surface area contributed by atoms with Gasteiger partial charge in [-0.3, -0.25) is 4.79 Å². The van der Waals surface area contributed by atoms with Gasteiger partial charge in [-0.15, -0.1) is 0 Å². The van der Waals surface area contributed by atoms with Gasteiger partial charge in [-0.05, 0) is 36.2 Å². The van der Waals surface area contributed by atoms with Crippen LogP contribution in [0.4, 0.5) is 18.9 Å². The number of carbonyl (C=O) groups is 1. The Hall–Kier alpha value is -3.93. The molecule has 0 atom stereocenters. The monoisotopic (exact) mass is 539 g/mol. The number of amides is 1. The van der Waals surface area contributed by atoms with Crippen molar-refractivity contribution in [3.05, 3.63) is 54.1 Å². The Kier molecular flexibility index (Phi) is 7.91. The third-order valence-electron chi connectivity index (χ3n) is 5.22. The Labute approximate surface area is 212 Å². The van der Waals surface area contributed by atoms with E-state index in [1.807, 2.05) is 31.2 Å². The molecule has 0 unspecified atom stereocenters. The molecule has 0 heterocycles. The second-order valence-electron chi connectivity index (χ2n) is 7.88. The molecule has 12 heteroatoms. The molecule has 3 rings (SSSR count). The maximum absolute atomic E-state index is 12.8. The maximum Gasteiger partial charge on any atom is 0.471 e. The second-order valence-corrected chi connectivity index (χ2v) is 9.46. The molecule has 0 aliphatic heterocycles. The molecule has 8 nitrogen and oxygen atoms in total. The summed E-state index contributed by atoms with van der Waals surface area (Å²) in [5, 5.41) is 1.75. The third-order valence-corrected chi connectivity index (χ3v) is 5.69. The molecule has 0 fully saturated rings. The zero-order valence-electron chi connectivity index (χ0n) is 20.5. The number of methoxy groups -OCH3 is 3. The number of nitrogens with one attached hydrogen (secondary N) is 1. The van der Waals surface area contributed by atoms with Crippen LogP contribution in [0, 0.1) is 6.92 Å². The summed E-state index contributed by atoms with van der Waals surface area (Å²) >= 11 is 0. The number of benzene rings is 3. The quantitative estimate of drug-likeness (QED) is 0.393. The summed E-state index contributed by atoms with van der Waals surface area (Å²) in [6.07, 6.45) is -4.25. The summed E-state index contributed by atoms with van der Waals surface area (Å²) < 4.78 is 84.4. The lowest BCUT2D eigenvalue weighted by atomic mass is 9.95. The standard InChI is InChI=1S/C25H24F3NO7S/c1-14-6-8-15(9-7-14)17-13-20(34-3)21(23(22(17)35-4)36-37(5,31)32)16-10-11-18(19(12-16)33-2)29-24(30)25(26,27)28/h6-13H,1-5H3,(H,29,30). The SMILES string of the molecule is COc1cc(-c2c(OC)cc(-c3ccc(C)cc3)c(OC)c2OS(C)(=O)=O)ccc1NC(=O)C(F)(F)F.